The normalized spacial score (nSPS) is 10.7. The smallest absolute Gasteiger partial charge is 0.266 e. The van der Waals surface area contributed by atoms with Gasteiger partial charge in [0.05, 0.1) is 16.6 Å². The highest BCUT2D eigenvalue weighted by atomic mass is 32.1. The fourth-order valence-corrected chi connectivity index (χ4v) is 3.24. The molecule has 0 spiro atoms. The topological polar surface area (TPSA) is 79.8 Å². The van der Waals surface area contributed by atoms with E-state index in [0.717, 1.165) is 5.56 Å². The maximum atomic E-state index is 12.8. The molecule has 4 aromatic rings. The third kappa shape index (κ3) is 3.47. The summed E-state index contributed by atoms with van der Waals surface area (Å²) >= 11 is 5.35. The number of para-hydroxylation sites is 1. The zero-order valence-electron chi connectivity index (χ0n) is 14.8. The quantitative estimate of drug-likeness (QED) is 0.525. The van der Waals surface area contributed by atoms with Crippen molar-refractivity contribution in [3.05, 3.63) is 99.3 Å². The van der Waals surface area contributed by atoms with Gasteiger partial charge in [0.2, 0.25) is 0 Å². The summed E-state index contributed by atoms with van der Waals surface area (Å²) in [6, 6.07) is 17.7. The third-order valence-electron chi connectivity index (χ3n) is 4.37. The first-order valence-electron chi connectivity index (χ1n) is 8.65. The van der Waals surface area contributed by atoms with Crippen molar-refractivity contribution < 1.29 is 4.79 Å². The van der Waals surface area contributed by atoms with Gasteiger partial charge in [-0.3, -0.25) is 19.1 Å². The van der Waals surface area contributed by atoms with Crippen LogP contribution in [0.5, 0.6) is 0 Å². The summed E-state index contributed by atoms with van der Waals surface area (Å²) < 4.78 is 1.73. The highest BCUT2D eigenvalue weighted by Gasteiger charge is 2.09. The second-order valence-corrected chi connectivity index (χ2v) is 6.59. The molecule has 0 aliphatic carbocycles. The molecule has 2 aromatic carbocycles. The fraction of sp³-hybridized carbons (Fsp3) is 0.0476. The van der Waals surface area contributed by atoms with Crippen molar-refractivity contribution in [1.29, 1.82) is 0 Å². The van der Waals surface area contributed by atoms with E-state index in [-0.39, 0.29) is 11.5 Å². The Morgan fingerprint density at radius 3 is 2.61 bits per heavy atom. The molecule has 0 aliphatic heterocycles. The highest BCUT2D eigenvalue weighted by molar-refractivity contribution is 7.71. The number of rotatable bonds is 4. The highest BCUT2D eigenvalue weighted by Crippen LogP contribution is 2.12. The van der Waals surface area contributed by atoms with E-state index < -0.39 is 0 Å². The van der Waals surface area contributed by atoms with E-state index >= 15 is 0 Å². The second kappa shape index (κ2) is 7.58. The van der Waals surface area contributed by atoms with E-state index in [4.69, 9.17) is 12.2 Å². The van der Waals surface area contributed by atoms with Crippen molar-refractivity contribution in [3.63, 3.8) is 0 Å². The molecule has 6 nitrogen and oxygen atoms in total. The summed E-state index contributed by atoms with van der Waals surface area (Å²) in [6.45, 7) is 0.393. The van der Waals surface area contributed by atoms with Crippen LogP contribution in [0.3, 0.4) is 0 Å². The Morgan fingerprint density at radius 2 is 1.86 bits per heavy atom. The Bertz CT molecular complexity index is 1260. The second-order valence-electron chi connectivity index (χ2n) is 6.21. The molecule has 2 aromatic heterocycles. The van der Waals surface area contributed by atoms with Gasteiger partial charge in [0.1, 0.15) is 0 Å². The first kappa shape index (κ1) is 17.8. The number of carbonyl (C=O) groups excluding carboxylic acids is 1. The van der Waals surface area contributed by atoms with Crippen LogP contribution in [0.1, 0.15) is 15.9 Å². The number of nitrogens with zero attached hydrogens (tertiary/aromatic N) is 2. The molecule has 0 saturated carbocycles. The first-order valence-corrected chi connectivity index (χ1v) is 9.06. The van der Waals surface area contributed by atoms with E-state index in [1.54, 1.807) is 48.8 Å². The molecule has 4 rings (SSSR count). The van der Waals surface area contributed by atoms with Crippen molar-refractivity contribution in [3.8, 4) is 5.69 Å². The summed E-state index contributed by atoms with van der Waals surface area (Å²) in [7, 11) is 0. The molecule has 138 valence electrons. The van der Waals surface area contributed by atoms with Crippen LogP contribution in [-0.2, 0) is 6.54 Å². The van der Waals surface area contributed by atoms with E-state index in [9.17, 15) is 9.59 Å². The van der Waals surface area contributed by atoms with Crippen molar-refractivity contribution in [2.24, 2.45) is 0 Å². The minimum absolute atomic E-state index is 0.201. The van der Waals surface area contributed by atoms with Crippen LogP contribution in [0.4, 0.5) is 0 Å². The van der Waals surface area contributed by atoms with Gasteiger partial charge >= 0.3 is 0 Å². The van der Waals surface area contributed by atoms with Gasteiger partial charge in [-0.05, 0) is 60.2 Å². The predicted octanol–water partition coefficient (Wildman–Crippen LogP) is 3.37. The Kier molecular flexibility index (Phi) is 4.82. The van der Waals surface area contributed by atoms with Crippen LogP contribution in [0.25, 0.3) is 16.6 Å². The monoisotopic (exact) mass is 388 g/mol. The standard InChI is InChI=1S/C21H16N4O2S/c26-19(23-13-14-4-3-11-22-12-14)15-7-9-16(10-8-15)25-20(27)17-5-1-2-6-18(17)24-21(25)28/h1-12H,13H2,(H,23,26)(H,24,28). The van der Waals surface area contributed by atoms with Gasteiger partial charge in [-0.2, -0.15) is 0 Å². The van der Waals surface area contributed by atoms with Gasteiger partial charge < -0.3 is 10.3 Å². The largest absolute Gasteiger partial charge is 0.348 e. The lowest BCUT2D eigenvalue weighted by molar-refractivity contribution is 0.0951. The molecule has 1 amide bonds. The average Bonchev–Trinajstić information content (AvgIpc) is 2.73. The van der Waals surface area contributed by atoms with Gasteiger partial charge in [-0.15, -0.1) is 0 Å². The van der Waals surface area contributed by atoms with Crippen LogP contribution >= 0.6 is 12.2 Å². The molecular formula is C21H16N4O2S. The molecular weight excluding hydrogens is 372 g/mol. The molecule has 0 fully saturated rings. The van der Waals surface area contributed by atoms with E-state index in [0.29, 0.717) is 33.5 Å². The van der Waals surface area contributed by atoms with Gasteiger partial charge in [-0.1, -0.05) is 18.2 Å². The molecule has 28 heavy (non-hydrogen) atoms. The minimum atomic E-state index is -0.202. The van der Waals surface area contributed by atoms with Crippen molar-refractivity contribution >= 4 is 29.0 Å². The number of nitrogens with one attached hydrogen (secondary N) is 2. The maximum absolute atomic E-state index is 12.8. The first-order chi connectivity index (χ1) is 13.6. The van der Waals surface area contributed by atoms with Gasteiger partial charge in [0.15, 0.2) is 4.77 Å². The molecule has 2 N–H and O–H groups in total. The van der Waals surface area contributed by atoms with Crippen molar-refractivity contribution in [1.82, 2.24) is 19.9 Å². The molecule has 0 bridgehead atoms. The molecule has 0 atom stereocenters. The summed E-state index contributed by atoms with van der Waals surface area (Å²) in [6.07, 6.45) is 3.39. The third-order valence-corrected chi connectivity index (χ3v) is 4.65. The summed E-state index contributed by atoms with van der Waals surface area (Å²) in [5, 5.41) is 3.40. The number of hydrogen-bond acceptors (Lipinski definition) is 4. The number of benzene rings is 2. The van der Waals surface area contributed by atoms with Crippen LogP contribution in [0.2, 0.25) is 0 Å². The molecule has 0 radical (unpaired) electrons. The van der Waals surface area contributed by atoms with E-state index in [1.165, 1.54) is 4.57 Å². The van der Waals surface area contributed by atoms with Crippen LogP contribution in [-0.4, -0.2) is 20.4 Å². The van der Waals surface area contributed by atoms with Crippen LogP contribution in [0.15, 0.2) is 77.9 Å². The Balaban J connectivity index is 1.60. The lowest BCUT2D eigenvalue weighted by Gasteiger charge is -2.09. The van der Waals surface area contributed by atoms with Crippen LogP contribution < -0.4 is 10.9 Å². The van der Waals surface area contributed by atoms with Crippen molar-refractivity contribution in [2.75, 3.05) is 0 Å². The number of pyridine rings is 1. The van der Waals surface area contributed by atoms with Crippen molar-refractivity contribution in [2.45, 2.75) is 6.54 Å². The lowest BCUT2D eigenvalue weighted by Crippen LogP contribution is -2.23. The number of carbonyl (C=O) groups is 1. The lowest BCUT2D eigenvalue weighted by atomic mass is 10.2. The molecule has 0 unspecified atom stereocenters. The summed E-state index contributed by atoms with van der Waals surface area (Å²) in [5.41, 5.74) is 2.51. The fourth-order valence-electron chi connectivity index (χ4n) is 2.95. The summed E-state index contributed by atoms with van der Waals surface area (Å²) in [4.78, 5) is 32.3. The van der Waals surface area contributed by atoms with Crippen LogP contribution in [0, 0.1) is 4.77 Å². The average molecular weight is 388 g/mol. The molecule has 2 heterocycles. The van der Waals surface area contributed by atoms with E-state index in [1.807, 2.05) is 24.3 Å². The number of hydrogen-bond donors (Lipinski definition) is 2. The Hall–Kier alpha value is -3.58. The summed E-state index contributed by atoms with van der Waals surface area (Å²) in [5.74, 6) is -0.202. The maximum Gasteiger partial charge on any atom is 0.266 e. The zero-order chi connectivity index (χ0) is 19.5. The minimum Gasteiger partial charge on any atom is -0.348 e. The predicted molar refractivity (Wildman–Crippen MR) is 110 cm³/mol. The SMILES string of the molecule is O=C(NCc1cccnc1)c1ccc(-n2c(=S)[nH]c3ccccc3c2=O)cc1. The molecule has 0 saturated heterocycles. The number of aromatic nitrogens is 3. The number of H-pyrrole nitrogens is 1. The van der Waals surface area contributed by atoms with Gasteiger partial charge in [-0.25, -0.2) is 0 Å². The zero-order valence-corrected chi connectivity index (χ0v) is 15.6. The Morgan fingerprint density at radius 1 is 1.07 bits per heavy atom. The molecule has 7 heteroatoms. The number of aromatic amines is 1. The Labute approximate surface area is 165 Å². The molecule has 0 aliphatic rings. The number of fused-ring (bicyclic) bond motifs is 1. The van der Waals surface area contributed by atoms with E-state index in [2.05, 4.69) is 15.3 Å². The number of amides is 1. The van der Waals surface area contributed by atoms with Gasteiger partial charge in [0.25, 0.3) is 11.5 Å². The van der Waals surface area contributed by atoms with Gasteiger partial charge in [0, 0.05) is 24.5 Å².